The first-order valence-corrected chi connectivity index (χ1v) is 8.54. The van der Waals surface area contributed by atoms with Crippen LogP contribution in [0.4, 0.5) is 5.69 Å². The molecule has 1 heterocycles. The van der Waals surface area contributed by atoms with Crippen LogP contribution in [0.2, 0.25) is 0 Å². The summed E-state index contributed by atoms with van der Waals surface area (Å²) >= 11 is 0. The Kier molecular flexibility index (Phi) is 4.69. The molecule has 0 unspecified atom stereocenters. The van der Waals surface area contributed by atoms with E-state index in [1.807, 2.05) is 0 Å². The highest BCUT2D eigenvalue weighted by atomic mass is 16.5. The van der Waals surface area contributed by atoms with E-state index in [1.54, 1.807) is 0 Å². The molecule has 1 aromatic carbocycles. The molecule has 3 heteroatoms. The molecule has 3 rings (SSSR count). The fraction of sp³-hybridized carbons (Fsp3) is 0.667. The van der Waals surface area contributed by atoms with E-state index in [0.717, 1.165) is 38.4 Å². The van der Waals surface area contributed by atoms with Crippen molar-refractivity contribution in [3.8, 4) is 5.75 Å². The van der Waals surface area contributed by atoms with Crippen LogP contribution in [0.5, 0.6) is 5.75 Å². The van der Waals surface area contributed by atoms with E-state index in [2.05, 4.69) is 41.4 Å². The van der Waals surface area contributed by atoms with Crippen LogP contribution in [0.15, 0.2) is 24.3 Å². The van der Waals surface area contributed by atoms with Crippen LogP contribution in [0, 0.1) is 0 Å². The smallest absolute Gasteiger partial charge is 0.119 e. The predicted molar refractivity (Wildman–Crippen MR) is 88.3 cm³/mol. The third kappa shape index (κ3) is 3.52. The molecule has 0 radical (unpaired) electrons. The number of hydrogen-bond donors (Lipinski definition) is 1. The Bertz CT molecular complexity index is 437. The maximum Gasteiger partial charge on any atom is 0.119 e. The lowest BCUT2D eigenvalue weighted by Crippen LogP contribution is -2.49. The van der Waals surface area contributed by atoms with E-state index in [0.29, 0.717) is 5.54 Å². The van der Waals surface area contributed by atoms with Gasteiger partial charge in [-0.3, -0.25) is 0 Å². The van der Waals surface area contributed by atoms with Crippen molar-refractivity contribution < 1.29 is 4.74 Å². The number of benzene rings is 1. The van der Waals surface area contributed by atoms with Gasteiger partial charge in [0.1, 0.15) is 5.75 Å². The van der Waals surface area contributed by atoms with Gasteiger partial charge in [-0.05, 0) is 56.5 Å². The van der Waals surface area contributed by atoms with Gasteiger partial charge in [-0.2, -0.15) is 0 Å². The predicted octanol–water partition coefficient (Wildman–Crippen LogP) is 3.59. The summed E-state index contributed by atoms with van der Waals surface area (Å²) < 4.78 is 5.68. The summed E-state index contributed by atoms with van der Waals surface area (Å²) in [5.74, 6) is 0.990. The fourth-order valence-electron chi connectivity index (χ4n) is 3.70. The van der Waals surface area contributed by atoms with E-state index in [1.165, 1.54) is 37.8 Å². The van der Waals surface area contributed by atoms with Crippen molar-refractivity contribution in [2.75, 3.05) is 31.1 Å². The lowest BCUT2D eigenvalue weighted by molar-refractivity contribution is 0.317. The molecule has 1 aliphatic heterocycles. The van der Waals surface area contributed by atoms with E-state index < -0.39 is 0 Å². The lowest BCUT2D eigenvalue weighted by atomic mass is 9.97. The Morgan fingerprint density at radius 3 is 2.62 bits per heavy atom. The Hall–Kier alpha value is -1.22. The summed E-state index contributed by atoms with van der Waals surface area (Å²) in [5, 5.41) is 3.83. The summed E-state index contributed by atoms with van der Waals surface area (Å²) in [6.45, 7) is 6.41. The van der Waals surface area contributed by atoms with Crippen LogP contribution in [0.1, 0.15) is 45.4 Å². The number of nitrogens with zero attached hydrogens (tertiary/aromatic N) is 1. The van der Waals surface area contributed by atoms with Crippen molar-refractivity contribution in [2.45, 2.75) is 51.0 Å². The summed E-state index contributed by atoms with van der Waals surface area (Å²) in [7, 11) is 0. The number of rotatable bonds is 4. The molecule has 0 bridgehead atoms. The van der Waals surface area contributed by atoms with Crippen molar-refractivity contribution in [2.24, 2.45) is 0 Å². The third-order valence-electron chi connectivity index (χ3n) is 4.83. The van der Waals surface area contributed by atoms with Crippen LogP contribution in [0.3, 0.4) is 0 Å². The molecule has 1 spiro atoms. The maximum atomic E-state index is 5.68. The number of nitrogens with one attached hydrogen (secondary N) is 1. The van der Waals surface area contributed by atoms with E-state index in [9.17, 15) is 0 Å². The minimum atomic E-state index is 0.369. The standard InChI is InChI=1S/C18H28N2O/c1-2-14-21-17-8-6-16(7-9-17)20-13-5-12-19-18(15-20)10-3-4-11-18/h6-9,19H,2-5,10-15H2,1H3. The van der Waals surface area contributed by atoms with Crippen molar-refractivity contribution in [3.63, 3.8) is 0 Å². The van der Waals surface area contributed by atoms with Gasteiger partial charge < -0.3 is 15.0 Å². The Balaban J connectivity index is 1.69. The van der Waals surface area contributed by atoms with Gasteiger partial charge >= 0.3 is 0 Å². The molecule has 2 aliphatic rings. The molecule has 0 aromatic heterocycles. The summed E-state index contributed by atoms with van der Waals surface area (Å²) in [5.41, 5.74) is 1.71. The molecule has 0 amide bonds. The molecule has 0 atom stereocenters. The van der Waals surface area contributed by atoms with Crippen LogP contribution in [-0.2, 0) is 0 Å². The van der Waals surface area contributed by atoms with E-state index in [-0.39, 0.29) is 0 Å². The van der Waals surface area contributed by atoms with Gasteiger partial charge in [-0.25, -0.2) is 0 Å². The molecule has 21 heavy (non-hydrogen) atoms. The van der Waals surface area contributed by atoms with Crippen LogP contribution in [0.25, 0.3) is 0 Å². The average Bonchev–Trinajstić information content (AvgIpc) is 2.86. The van der Waals surface area contributed by atoms with Crippen LogP contribution < -0.4 is 15.0 Å². The average molecular weight is 288 g/mol. The van der Waals surface area contributed by atoms with Crippen molar-refractivity contribution in [1.29, 1.82) is 0 Å². The highest BCUT2D eigenvalue weighted by Gasteiger charge is 2.36. The van der Waals surface area contributed by atoms with Gasteiger partial charge in [0.05, 0.1) is 6.61 Å². The van der Waals surface area contributed by atoms with Crippen molar-refractivity contribution >= 4 is 5.69 Å². The summed E-state index contributed by atoms with van der Waals surface area (Å²) in [6, 6.07) is 8.67. The molecule has 2 fully saturated rings. The highest BCUT2D eigenvalue weighted by molar-refractivity contribution is 5.49. The Morgan fingerprint density at radius 1 is 1.14 bits per heavy atom. The molecule has 1 aromatic rings. The fourth-order valence-corrected chi connectivity index (χ4v) is 3.70. The second kappa shape index (κ2) is 6.69. The Labute approximate surface area is 128 Å². The Morgan fingerprint density at radius 2 is 1.90 bits per heavy atom. The van der Waals surface area contributed by atoms with Gasteiger partial charge in [0, 0.05) is 24.3 Å². The molecule has 1 saturated carbocycles. The number of ether oxygens (including phenoxy) is 1. The van der Waals surface area contributed by atoms with Gasteiger partial charge in [-0.1, -0.05) is 19.8 Å². The summed E-state index contributed by atoms with van der Waals surface area (Å²) in [6.07, 6.45) is 7.72. The molecule has 116 valence electrons. The zero-order chi connectivity index (χ0) is 14.5. The second-order valence-corrected chi connectivity index (χ2v) is 6.53. The first kappa shape index (κ1) is 14.7. The van der Waals surface area contributed by atoms with E-state index >= 15 is 0 Å². The molecule has 1 N–H and O–H groups in total. The second-order valence-electron chi connectivity index (χ2n) is 6.53. The zero-order valence-corrected chi connectivity index (χ0v) is 13.2. The first-order chi connectivity index (χ1) is 10.3. The number of hydrogen-bond acceptors (Lipinski definition) is 3. The molecular weight excluding hydrogens is 260 g/mol. The quantitative estimate of drug-likeness (QED) is 0.916. The topological polar surface area (TPSA) is 24.5 Å². The minimum absolute atomic E-state index is 0.369. The third-order valence-corrected chi connectivity index (χ3v) is 4.83. The summed E-state index contributed by atoms with van der Waals surface area (Å²) in [4.78, 5) is 2.56. The van der Waals surface area contributed by atoms with Gasteiger partial charge in [0.2, 0.25) is 0 Å². The zero-order valence-electron chi connectivity index (χ0n) is 13.2. The molecule has 1 aliphatic carbocycles. The normalized spacial score (nSPS) is 21.5. The van der Waals surface area contributed by atoms with E-state index in [4.69, 9.17) is 4.74 Å². The SMILES string of the molecule is CCCOc1ccc(N2CCCNC3(CCCC3)C2)cc1. The number of anilines is 1. The molecular formula is C18H28N2O. The van der Waals surface area contributed by atoms with Gasteiger partial charge in [0.25, 0.3) is 0 Å². The molecule has 1 saturated heterocycles. The van der Waals surface area contributed by atoms with Gasteiger partial charge in [0.15, 0.2) is 0 Å². The lowest BCUT2D eigenvalue weighted by Gasteiger charge is -2.34. The van der Waals surface area contributed by atoms with Crippen molar-refractivity contribution in [3.05, 3.63) is 24.3 Å². The monoisotopic (exact) mass is 288 g/mol. The van der Waals surface area contributed by atoms with Crippen LogP contribution in [-0.4, -0.2) is 31.8 Å². The highest BCUT2D eigenvalue weighted by Crippen LogP contribution is 2.33. The largest absolute Gasteiger partial charge is 0.494 e. The first-order valence-electron chi connectivity index (χ1n) is 8.54. The minimum Gasteiger partial charge on any atom is -0.494 e. The van der Waals surface area contributed by atoms with Gasteiger partial charge in [-0.15, -0.1) is 0 Å². The molecule has 3 nitrogen and oxygen atoms in total. The van der Waals surface area contributed by atoms with Crippen molar-refractivity contribution in [1.82, 2.24) is 5.32 Å². The maximum absolute atomic E-state index is 5.68. The van der Waals surface area contributed by atoms with Crippen LogP contribution >= 0.6 is 0 Å².